The zero-order chi connectivity index (χ0) is 24.7. The van der Waals surface area contributed by atoms with Gasteiger partial charge in [0.1, 0.15) is 5.82 Å². The molecule has 1 aromatic heterocycles. The number of amides is 1. The van der Waals surface area contributed by atoms with E-state index in [-0.39, 0.29) is 5.91 Å². The number of rotatable bonds is 7. The molecule has 1 amide bonds. The van der Waals surface area contributed by atoms with Gasteiger partial charge in [-0.05, 0) is 98.8 Å². The summed E-state index contributed by atoms with van der Waals surface area (Å²) < 4.78 is 0. The van der Waals surface area contributed by atoms with Crippen LogP contribution in [-0.4, -0.2) is 43.1 Å². The van der Waals surface area contributed by atoms with Crippen molar-refractivity contribution in [3.05, 3.63) is 34.9 Å². The van der Waals surface area contributed by atoms with Gasteiger partial charge in [-0.1, -0.05) is 11.6 Å². The zero-order valence-electron chi connectivity index (χ0n) is 20.9. The minimum atomic E-state index is -0.0735. The molecular formula is C29H36ClN5O. The molecule has 4 aliphatic carbocycles. The number of nitrogens with one attached hydrogen (secondary N) is 2. The molecular weight excluding hydrogens is 470 g/mol. The van der Waals surface area contributed by atoms with Crippen LogP contribution in [0.4, 0.5) is 5.82 Å². The summed E-state index contributed by atoms with van der Waals surface area (Å²) in [6.07, 6.45) is 10.8. The number of nitrogens with zero attached hydrogens (tertiary/aromatic N) is 3. The Morgan fingerprint density at radius 1 is 1.14 bits per heavy atom. The SMILES string of the molecule is N#CCCN[C@H]1CCCN(c2ccc3c(C(=O)NCC45CC6CC(CC(C6)C4)C5)c(Cl)ccc3n2)C1. The smallest absolute Gasteiger partial charge is 0.253 e. The highest BCUT2D eigenvalue weighted by Crippen LogP contribution is 2.59. The summed E-state index contributed by atoms with van der Waals surface area (Å²) in [4.78, 5) is 20.7. The summed E-state index contributed by atoms with van der Waals surface area (Å²) >= 11 is 6.59. The van der Waals surface area contributed by atoms with Crippen molar-refractivity contribution in [2.75, 3.05) is 31.1 Å². The van der Waals surface area contributed by atoms with E-state index >= 15 is 0 Å². The standard InChI is InChI=1S/C29H36ClN5O/c30-24-5-6-25-23(4-7-26(34-25)35-10-1-3-22(17-35)32-9-2-8-31)27(24)28(36)33-18-29-14-19-11-20(15-29)13-21(12-19)16-29/h4-7,19-22,32H,1-3,9-18H2,(H,33,36)/t19?,20?,21?,22-,29?/m0/s1. The fourth-order valence-electron chi connectivity index (χ4n) is 8.12. The van der Waals surface area contributed by atoms with Crippen molar-refractivity contribution >= 4 is 34.2 Å². The van der Waals surface area contributed by atoms with Crippen molar-refractivity contribution in [1.82, 2.24) is 15.6 Å². The second kappa shape index (κ2) is 9.84. The van der Waals surface area contributed by atoms with Gasteiger partial charge in [-0.15, -0.1) is 0 Å². The lowest BCUT2D eigenvalue weighted by Crippen LogP contribution is -2.51. The fourth-order valence-corrected chi connectivity index (χ4v) is 8.37. The number of carbonyl (C=O) groups excluding carboxylic acids is 1. The molecule has 4 bridgehead atoms. The molecule has 2 heterocycles. The summed E-state index contributed by atoms with van der Waals surface area (Å²) in [5.41, 5.74) is 1.64. The van der Waals surface area contributed by atoms with E-state index in [2.05, 4.69) is 21.6 Å². The first-order chi connectivity index (χ1) is 17.5. The van der Waals surface area contributed by atoms with Crippen molar-refractivity contribution in [2.45, 2.75) is 63.8 Å². The maximum absolute atomic E-state index is 13.5. The highest BCUT2D eigenvalue weighted by molar-refractivity contribution is 6.35. The molecule has 1 aromatic carbocycles. The Kier molecular flexibility index (Phi) is 6.56. The molecule has 4 saturated carbocycles. The number of halogens is 1. The zero-order valence-corrected chi connectivity index (χ0v) is 21.7. The van der Waals surface area contributed by atoms with Crippen LogP contribution >= 0.6 is 11.6 Å². The average molecular weight is 506 g/mol. The lowest BCUT2D eigenvalue weighted by atomic mass is 9.49. The van der Waals surface area contributed by atoms with Crippen LogP contribution in [0.5, 0.6) is 0 Å². The molecule has 1 aliphatic heterocycles. The highest BCUT2D eigenvalue weighted by atomic mass is 35.5. The van der Waals surface area contributed by atoms with Crippen LogP contribution in [0.3, 0.4) is 0 Å². The van der Waals surface area contributed by atoms with E-state index in [9.17, 15) is 4.79 Å². The molecule has 2 aromatic rings. The Bertz CT molecular complexity index is 1150. The quantitative estimate of drug-likeness (QED) is 0.498. The second-order valence-corrected chi connectivity index (χ2v) is 12.3. The summed E-state index contributed by atoms with van der Waals surface area (Å²) in [6.45, 7) is 3.32. The number of benzene rings is 1. The molecule has 190 valence electrons. The van der Waals surface area contributed by atoms with Gasteiger partial charge in [0, 0.05) is 44.0 Å². The molecule has 7 heteroatoms. The second-order valence-electron chi connectivity index (χ2n) is 11.9. The van der Waals surface area contributed by atoms with Gasteiger partial charge in [0.05, 0.1) is 22.2 Å². The summed E-state index contributed by atoms with van der Waals surface area (Å²) in [5, 5.41) is 16.9. The molecule has 2 N–H and O–H groups in total. The molecule has 0 unspecified atom stereocenters. The van der Waals surface area contributed by atoms with Crippen LogP contribution in [0.2, 0.25) is 5.02 Å². The topological polar surface area (TPSA) is 81.0 Å². The number of anilines is 1. The van der Waals surface area contributed by atoms with Gasteiger partial charge < -0.3 is 15.5 Å². The van der Waals surface area contributed by atoms with Gasteiger partial charge in [0.2, 0.25) is 0 Å². The first-order valence-electron chi connectivity index (χ1n) is 13.7. The third kappa shape index (κ3) is 4.68. The van der Waals surface area contributed by atoms with Gasteiger partial charge >= 0.3 is 0 Å². The highest BCUT2D eigenvalue weighted by Gasteiger charge is 2.50. The third-order valence-electron chi connectivity index (χ3n) is 9.24. The molecule has 0 spiro atoms. The average Bonchev–Trinajstić information content (AvgIpc) is 2.87. The number of aromatic nitrogens is 1. The van der Waals surface area contributed by atoms with Gasteiger partial charge in [0.25, 0.3) is 5.91 Å². The number of carbonyl (C=O) groups is 1. The molecule has 7 rings (SSSR count). The van der Waals surface area contributed by atoms with Crippen LogP contribution < -0.4 is 15.5 Å². The first kappa shape index (κ1) is 24.0. The number of hydrogen-bond acceptors (Lipinski definition) is 5. The van der Waals surface area contributed by atoms with Crippen LogP contribution in [-0.2, 0) is 0 Å². The normalized spacial score (nSPS) is 30.9. The van der Waals surface area contributed by atoms with Crippen molar-refractivity contribution in [2.24, 2.45) is 23.2 Å². The Morgan fingerprint density at radius 3 is 2.61 bits per heavy atom. The number of piperidine rings is 1. The van der Waals surface area contributed by atoms with E-state index in [1.54, 1.807) is 0 Å². The van der Waals surface area contributed by atoms with Gasteiger partial charge in [-0.3, -0.25) is 4.79 Å². The van der Waals surface area contributed by atoms with Crippen molar-refractivity contribution in [3.8, 4) is 6.07 Å². The van der Waals surface area contributed by atoms with E-state index < -0.39 is 0 Å². The Hall–Kier alpha value is -2.36. The van der Waals surface area contributed by atoms with E-state index in [1.165, 1.54) is 38.5 Å². The van der Waals surface area contributed by atoms with Crippen molar-refractivity contribution in [1.29, 1.82) is 5.26 Å². The Morgan fingerprint density at radius 2 is 1.89 bits per heavy atom. The predicted octanol–water partition coefficient (Wildman–Crippen LogP) is 5.31. The minimum Gasteiger partial charge on any atom is -0.355 e. The molecule has 1 saturated heterocycles. The monoisotopic (exact) mass is 505 g/mol. The van der Waals surface area contributed by atoms with Gasteiger partial charge in [-0.25, -0.2) is 4.98 Å². The van der Waals surface area contributed by atoms with E-state index in [4.69, 9.17) is 21.8 Å². The number of fused-ring (bicyclic) bond motifs is 1. The maximum atomic E-state index is 13.5. The van der Waals surface area contributed by atoms with Gasteiger partial charge in [0.15, 0.2) is 0 Å². The summed E-state index contributed by atoms with van der Waals surface area (Å²) in [7, 11) is 0. The Labute approximate surface area is 218 Å². The summed E-state index contributed by atoms with van der Waals surface area (Å²) in [5.74, 6) is 3.46. The largest absolute Gasteiger partial charge is 0.355 e. The van der Waals surface area contributed by atoms with E-state index in [1.807, 2.05) is 24.3 Å². The van der Waals surface area contributed by atoms with Crippen LogP contribution in [0.25, 0.3) is 10.9 Å². The molecule has 0 radical (unpaired) electrons. The number of hydrogen-bond donors (Lipinski definition) is 2. The lowest BCUT2D eigenvalue weighted by Gasteiger charge is -2.56. The van der Waals surface area contributed by atoms with Crippen molar-refractivity contribution < 1.29 is 4.79 Å². The molecule has 1 atom stereocenters. The van der Waals surface area contributed by atoms with Gasteiger partial charge in [-0.2, -0.15) is 5.26 Å². The Balaban J connectivity index is 1.17. The van der Waals surface area contributed by atoms with Crippen molar-refractivity contribution in [3.63, 3.8) is 0 Å². The minimum absolute atomic E-state index is 0.0735. The third-order valence-corrected chi connectivity index (χ3v) is 9.55. The van der Waals surface area contributed by atoms with Crippen LogP contribution in [0, 0.1) is 34.5 Å². The molecule has 5 fully saturated rings. The number of pyridine rings is 1. The van der Waals surface area contributed by atoms with E-state index in [0.717, 1.165) is 73.5 Å². The van der Waals surface area contributed by atoms with Crippen LogP contribution in [0.1, 0.15) is 68.1 Å². The molecule has 36 heavy (non-hydrogen) atoms. The maximum Gasteiger partial charge on any atom is 0.253 e. The van der Waals surface area contributed by atoms with Crippen LogP contribution in [0.15, 0.2) is 24.3 Å². The number of nitriles is 1. The molecule has 5 aliphatic rings. The predicted molar refractivity (Wildman–Crippen MR) is 143 cm³/mol. The summed E-state index contributed by atoms with van der Waals surface area (Å²) in [6, 6.07) is 10.3. The molecule has 6 nitrogen and oxygen atoms in total. The fraction of sp³-hybridized carbons (Fsp3) is 0.621. The van der Waals surface area contributed by atoms with E-state index in [0.29, 0.717) is 28.5 Å². The lowest BCUT2D eigenvalue weighted by molar-refractivity contribution is -0.0503. The first-order valence-corrected chi connectivity index (χ1v) is 14.1.